The number of morpholine rings is 1. The van der Waals surface area contributed by atoms with E-state index in [1.165, 1.54) is 12.1 Å². The molecule has 0 atom stereocenters. The maximum absolute atomic E-state index is 13.7. The van der Waals surface area contributed by atoms with Gasteiger partial charge in [-0.15, -0.1) is 0 Å². The van der Waals surface area contributed by atoms with Crippen LogP contribution in [-0.4, -0.2) is 60.2 Å². The zero-order valence-electron chi connectivity index (χ0n) is 19.8. The van der Waals surface area contributed by atoms with Gasteiger partial charge in [0, 0.05) is 44.4 Å². The minimum atomic E-state index is -0.636. The van der Waals surface area contributed by atoms with Crippen molar-refractivity contribution >= 4 is 28.4 Å². The maximum Gasteiger partial charge on any atom is 0.254 e. The standard InChI is InChI=1S/C26H29F2N5O2/c1-32(21-4-2-3-5-21)26(34)18-12-22(29-15-17-10-19(27)14-20(28)11-17)25-23(13-18)30-16-24(31-25)33-6-8-35-9-7-33/h10-14,16,21,29H,2-9,15H2,1H3. The molecule has 1 N–H and O–H groups in total. The minimum Gasteiger partial charge on any atom is -0.379 e. The smallest absolute Gasteiger partial charge is 0.254 e. The quantitative estimate of drug-likeness (QED) is 0.564. The van der Waals surface area contributed by atoms with E-state index >= 15 is 0 Å². The minimum absolute atomic E-state index is 0.0716. The van der Waals surface area contributed by atoms with E-state index in [0.717, 1.165) is 37.6 Å². The lowest BCUT2D eigenvalue weighted by molar-refractivity contribution is 0.0735. The number of nitrogens with zero attached hydrogens (tertiary/aromatic N) is 4. The molecule has 2 fully saturated rings. The van der Waals surface area contributed by atoms with Crippen molar-refractivity contribution in [1.29, 1.82) is 0 Å². The molecule has 0 radical (unpaired) electrons. The van der Waals surface area contributed by atoms with Crippen LogP contribution in [0, 0.1) is 11.6 Å². The van der Waals surface area contributed by atoms with Crippen molar-refractivity contribution < 1.29 is 18.3 Å². The Labute approximate surface area is 203 Å². The molecule has 1 saturated heterocycles. The highest BCUT2D eigenvalue weighted by Gasteiger charge is 2.25. The van der Waals surface area contributed by atoms with Gasteiger partial charge in [0.15, 0.2) is 0 Å². The van der Waals surface area contributed by atoms with Crippen molar-refractivity contribution in [2.75, 3.05) is 43.6 Å². The molecule has 184 valence electrons. The second-order valence-corrected chi connectivity index (χ2v) is 9.20. The van der Waals surface area contributed by atoms with E-state index in [1.54, 1.807) is 18.3 Å². The number of hydrogen-bond donors (Lipinski definition) is 1. The van der Waals surface area contributed by atoms with E-state index in [1.807, 2.05) is 11.9 Å². The lowest BCUT2D eigenvalue weighted by Crippen LogP contribution is -2.36. The summed E-state index contributed by atoms with van der Waals surface area (Å²) in [4.78, 5) is 26.7. The Morgan fingerprint density at radius 1 is 1.11 bits per heavy atom. The molecule has 0 spiro atoms. The van der Waals surface area contributed by atoms with Crippen LogP contribution < -0.4 is 10.2 Å². The van der Waals surface area contributed by atoms with Crippen LogP contribution >= 0.6 is 0 Å². The predicted molar refractivity (Wildman–Crippen MR) is 131 cm³/mol. The Hall–Kier alpha value is -3.33. The summed E-state index contributed by atoms with van der Waals surface area (Å²) in [7, 11) is 1.85. The number of fused-ring (bicyclic) bond motifs is 1. The number of nitrogens with one attached hydrogen (secondary N) is 1. The summed E-state index contributed by atoms with van der Waals surface area (Å²) < 4.78 is 32.9. The highest BCUT2D eigenvalue weighted by Crippen LogP contribution is 2.29. The van der Waals surface area contributed by atoms with E-state index in [-0.39, 0.29) is 18.5 Å². The van der Waals surface area contributed by atoms with Crippen LogP contribution in [0.3, 0.4) is 0 Å². The second kappa shape index (κ2) is 10.1. The molecular weight excluding hydrogens is 452 g/mol. The van der Waals surface area contributed by atoms with Crippen LogP contribution in [0.1, 0.15) is 41.6 Å². The van der Waals surface area contributed by atoms with Crippen molar-refractivity contribution in [2.45, 2.75) is 38.3 Å². The van der Waals surface area contributed by atoms with Crippen LogP contribution in [0.15, 0.2) is 36.5 Å². The fourth-order valence-corrected chi connectivity index (χ4v) is 4.88. The summed E-state index contributed by atoms with van der Waals surface area (Å²) in [6, 6.07) is 7.19. The summed E-state index contributed by atoms with van der Waals surface area (Å²) >= 11 is 0. The Kier molecular flexibility index (Phi) is 6.77. The highest BCUT2D eigenvalue weighted by molar-refractivity contribution is 6.01. The number of anilines is 2. The molecule has 0 unspecified atom stereocenters. The maximum atomic E-state index is 13.7. The van der Waals surface area contributed by atoms with Crippen LogP contribution in [0.2, 0.25) is 0 Å². The van der Waals surface area contributed by atoms with Gasteiger partial charge in [0.2, 0.25) is 0 Å². The molecule has 7 nitrogen and oxygen atoms in total. The third-order valence-electron chi connectivity index (χ3n) is 6.82. The molecule has 2 aromatic carbocycles. The number of halogens is 2. The van der Waals surface area contributed by atoms with Gasteiger partial charge in [-0.05, 0) is 42.7 Å². The topological polar surface area (TPSA) is 70.6 Å². The fraction of sp³-hybridized carbons (Fsp3) is 0.423. The van der Waals surface area contributed by atoms with Crippen LogP contribution in [0.4, 0.5) is 20.3 Å². The molecule has 1 aliphatic heterocycles. The van der Waals surface area contributed by atoms with Crippen molar-refractivity contribution in [3.63, 3.8) is 0 Å². The summed E-state index contributed by atoms with van der Waals surface area (Å²) in [6.07, 6.45) is 6.00. The summed E-state index contributed by atoms with van der Waals surface area (Å²) in [6.45, 7) is 2.85. The molecule has 35 heavy (non-hydrogen) atoms. The molecule has 9 heteroatoms. The molecule has 3 aromatic rings. The Morgan fingerprint density at radius 3 is 2.54 bits per heavy atom. The van der Waals surface area contributed by atoms with Crippen molar-refractivity contribution in [1.82, 2.24) is 14.9 Å². The second-order valence-electron chi connectivity index (χ2n) is 9.20. The van der Waals surface area contributed by atoms with Gasteiger partial charge in [0.05, 0.1) is 30.6 Å². The van der Waals surface area contributed by atoms with Crippen molar-refractivity contribution in [3.05, 3.63) is 59.3 Å². The van der Waals surface area contributed by atoms with E-state index < -0.39 is 11.6 Å². The summed E-state index contributed by atoms with van der Waals surface area (Å²) in [5.74, 6) is -0.619. The van der Waals surface area contributed by atoms with Crippen molar-refractivity contribution in [3.8, 4) is 0 Å². The third-order valence-corrected chi connectivity index (χ3v) is 6.82. The molecular formula is C26H29F2N5O2. The predicted octanol–water partition coefficient (Wildman–Crippen LogP) is 4.37. The van der Waals surface area contributed by atoms with Crippen molar-refractivity contribution in [2.24, 2.45) is 0 Å². The van der Waals surface area contributed by atoms with Gasteiger partial charge in [-0.3, -0.25) is 9.78 Å². The SMILES string of the molecule is CN(C(=O)c1cc(NCc2cc(F)cc(F)c2)c2nc(N3CCOCC3)cnc2c1)C1CCCC1. The van der Waals surface area contributed by atoms with E-state index in [9.17, 15) is 13.6 Å². The van der Waals surface area contributed by atoms with E-state index in [2.05, 4.69) is 15.2 Å². The first-order chi connectivity index (χ1) is 17.0. The number of aromatic nitrogens is 2. The van der Waals surface area contributed by atoms with E-state index in [0.29, 0.717) is 54.2 Å². The summed E-state index contributed by atoms with van der Waals surface area (Å²) in [5, 5.41) is 3.24. The van der Waals surface area contributed by atoms with Crippen LogP contribution in [0.25, 0.3) is 11.0 Å². The number of carbonyl (C=O) groups is 1. The fourth-order valence-electron chi connectivity index (χ4n) is 4.88. The van der Waals surface area contributed by atoms with E-state index in [4.69, 9.17) is 9.72 Å². The molecule has 1 aliphatic carbocycles. The highest BCUT2D eigenvalue weighted by atomic mass is 19.1. The zero-order valence-corrected chi connectivity index (χ0v) is 19.8. The van der Waals surface area contributed by atoms with Gasteiger partial charge >= 0.3 is 0 Å². The van der Waals surface area contributed by atoms with Gasteiger partial charge in [-0.2, -0.15) is 0 Å². The molecule has 2 aliphatic rings. The zero-order chi connectivity index (χ0) is 24.4. The van der Waals surface area contributed by atoms with Gasteiger partial charge in [0.25, 0.3) is 5.91 Å². The first-order valence-corrected chi connectivity index (χ1v) is 12.1. The monoisotopic (exact) mass is 481 g/mol. The number of benzene rings is 2. The Morgan fingerprint density at radius 2 is 1.83 bits per heavy atom. The number of rotatable bonds is 6. The molecule has 5 rings (SSSR count). The molecule has 1 aromatic heterocycles. The van der Waals surface area contributed by atoms with Gasteiger partial charge < -0.3 is 19.9 Å². The largest absolute Gasteiger partial charge is 0.379 e. The number of carbonyl (C=O) groups excluding carboxylic acids is 1. The Balaban J connectivity index is 1.50. The number of amides is 1. The molecule has 2 heterocycles. The third kappa shape index (κ3) is 5.19. The van der Waals surface area contributed by atoms with Gasteiger partial charge in [-0.1, -0.05) is 12.8 Å². The average molecular weight is 482 g/mol. The molecule has 0 bridgehead atoms. The van der Waals surface area contributed by atoms with Gasteiger partial charge in [0.1, 0.15) is 23.0 Å². The van der Waals surface area contributed by atoms with Crippen LogP contribution in [0.5, 0.6) is 0 Å². The average Bonchev–Trinajstić information content (AvgIpc) is 3.41. The normalized spacial score (nSPS) is 16.6. The number of hydrogen-bond acceptors (Lipinski definition) is 6. The summed E-state index contributed by atoms with van der Waals surface area (Å²) in [5.41, 5.74) is 2.74. The lowest BCUT2D eigenvalue weighted by atomic mass is 10.1. The first kappa shape index (κ1) is 23.4. The van der Waals surface area contributed by atoms with Crippen LogP contribution in [-0.2, 0) is 11.3 Å². The lowest BCUT2D eigenvalue weighted by Gasteiger charge is -2.28. The molecule has 1 saturated carbocycles. The first-order valence-electron chi connectivity index (χ1n) is 12.1. The van der Waals surface area contributed by atoms with Gasteiger partial charge in [-0.25, -0.2) is 13.8 Å². The molecule has 1 amide bonds. The number of ether oxygens (including phenoxy) is 1. The Bertz CT molecular complexity index is 1210.